The second kappa shape index (κ2) is 8.09. The van der Waals surface area contributed by atoms with Gasteiger partial charge in [0.1, 0.15) is 11.6 Å². The van der Waals surface area contributed by atoms with E-state index in [0.717, 1.165) is 25.5 Å². The number of hydrogen-bond acceptors (Lipinski definition) is 6. The summed E-state index contributed by atoms with van der Waals surface area (Å²) in [7, 11) is 1.16. The Morgan fingerprint density at radius 1 is 1.25 bits per heavy atom. The van der Waals surface area contributed by atoms with Gasteiger partial charge in [-0.25, -0.2) is 19.2 Å². The molecule has 2 N–H and O–H groups in total. The fraction of sp³-hybridized carbons (Fsp3) is 0.0526. The van der Waals surface area contributed by atoms with Crippen molar-refractivity contribution in [3.63, 3.8) is 0 Å². The number of hydrogen-bond donors (Lipinski definition) is 2. The molecule has 0 saturated heterocycles. The highest BCUT2D eigenvalue weighted by Gasteiger charge is 2.13. The number of ether oxygens (including phenoxy) is 1. The highest BCUT2D eigenvalue weighted by atomic mass is 19.1. The maximum absolute atomic E-state index is 13.7. The Bertz CT molecular complexity index is 1110. The number of rotatable bonds is 5. The summed E-state index contributed by atoms with van der Waals surface area (Å²) in [5, 5.41) is 13.0. The number of nitrogens with zero attached hydrogens (tertiary/aromatic N) is 3. The number of halogens is 2. The maximum atomic E-state index is 13.7. The average molecular weight is 381 g/mol. The van der Waals surface area contributed by atoms with Gasteiger partial charge in [-0.3, -0.25) is 9.78 Å². The maximum Gasteiger partial charge on any atom is 0.270 e. The largest absolute Gasteiger partial charge is 0.491 e. The molecule has 0 spiro atoms. The quantitative estimate of drug-likeness (QED) is 0.522. The molecule has 3 rings (SSSR count). The van der Waals surface area contributed by atoms with Gasteiger partial charge in [-0.15, -0.1) is 0 Å². The van der Waals surface area contributed by atoms with E-state index in [1.807, 2.05) is 6.07 Å². The molecule has 1 heterocycles. The molecule has 140 valence electrons. The molecule has 2 aromatic carbocycles. The Hall–Kier alpha value is -4.06. The number of hydrazone groups is 1. The van der Waals surface area contributed by atoms with Crippen LogP contribution < -0.4 is 15.7 Å². The minimum atomic E-state index is -0.875. The van der Waals surface area contributed by atoms with E-state index in [1.165, 1.54) is 0 Å². The number of nitrogens with one attached hydrogen (secondary N) is 2. The van der Waals surface area contributed by atoms with Crippen LogP contribution in [0.2, 0.25) is 0 Å². The van der Waals surface area contributed by atoms with E-state index >= 15 is 0 Å². The van der Waals surface area contributed by atoms with Crippen LogP contribution in [0.15, 0.2) is 52.4 Å². The van der Waals surface area contributed by atoms with Crippen LogP contribution in [0.25, 0.3) is 11.3 Å². The Morgan fingerprint density at radius 3 is 2.54 bits per heavy atom. The standard InChI is InChI=1S/C19H13F2N5O2/c1-28-17-14(20)7-11(8-15(17)21)10-23-26-19-24-16(12-5-3-2-4-6-12)13(9-22)18(27)25-19/h2-8,10H,1H3,(H2,24,25,26,27). The van der Waals surface area contributed by atoms with Crippen molar-refractivity contribution in [1.29, 1.82) is 5.26 Å². The molecule has 0 radical (unpaired) electrons. The Balaban J connectivity index is 1.90. The minimum absolute atomic E-state index is 0.0337. The van der Waals surface area contributed by atoms with E-state index in [0.29, 0.717) is 5.56 Å². The normalized spacial score (nSPS) is 10.6. The first-order valence-electron chi connectivity index (χ1n) is 7.95. The van der Waals surface area contributed by atoms with E-state index < -0.39 is 22.9 Å². The van der Waals surface area contributed by atoms with Crippen molar-refractivity contribution in [1.82, 2.24) is 9.97 Å². The number of anilines is 1. The number of aromatic nitrogens is 2. The molecule has 0 saturated carbocycles. The van der Waals surface area contributed by atoms with Crippen LogP contribution in [0.3, 0.4) is 0 Å². The van der Waals surface area contributed by atoms with E-state index in [2.05, 4.69) is 25.2 Å². The second-order valence-corrected chi connectivity index (χ2v) is 5.50. The summed E-state index contributed by atoms with van der Waals surface area (Å²) in [6.45, 7) is 0. The molecule has 1 aromatic heterocycles. The van der Waals surface area contributed by atoms with E-state index in [1.54, 1.807) is 30.3 Å². The van der Waals surface area contributed by atoms with Crippen LogP contribution >= 0.6 is 0 Å². The zero-order valence-corrected chi connectivity index (χ0v) is 14.5. The summed E-state index contributed by atoms with van der Waals surface area (Å²) in [4.78, 5) is 18.7. The molecule has 0 aliphatic heterocycles. The number of nitriles is 1. The molecule has 0 fully saturated rings. The number of benzene rings is 2. The van der Waals surface area contributed by atoms with Crippen LogP contribution in [0.1, 0.15) is 11.1 Å². The van der Waals surface area contributed by atoms with Crippen molar-refractivity contribution >= 4 is 12.2 Å². The third-order valence-corrected chi connectivity index (χ3v) is 3.69. The zero-order chi connectivity index (χ0) is 20.1. The Kier molecular flexibility index (Phi) is 5.41. The molecule has 0 unspecified atom stereocenters. The van der Waals surface area contributed by atoms with Gasteiger partial charge in [0, 0.05) is 11.1 Å². The fourth-order valence-electron chi connectivity index (χ4n) is 2.45. The summed E-state index contributed by atoms with van der Waals surface area (Å²) in [5.74, 6) is -2.27. The third kappa shape index (κ3) is 3.86. The van der Waals surface area contributed by atoms with E-state index in [4.69, 9.17) is 0 Å². The lowest BCUT2D eigenvalue weighted by Gasteiger charge is -2.06. The fourth-order valence-corrected chi connectivity index (χ4v) is 2.45. The predicted octanol–water partition coefficient (Wildman–Crippen LogP) is 3.04. The second-order valence-electron chi connectivity index (χ2n) is 5.50. The van der Waals surface area contributed by atoms with E-state index in [-0.39, 0.29) is 22.8 Å². The van der Waals surface area contributed by atoms with Gasteiger partial charge in [-0.1, -0.05) is 30.3 Å². The van der Waals surface area contributed by atoms with Crippen LogP contribution in [0, 0.1) is 23.0 Å². The van der Waals surface area contributed by atoms with Crippen molar-refractivity contribution in [2.24, 2.45) is 5.10 Å². The number of H-pyrrole nitrogens is 1. The molecule has 28 heavy (non-hydrogen) atoms. The molecule has 0 aliphatic carbocycles. The first-order chi connectivity index (χ1) is 13.5. The van der Waals surface area contributed by atoms with Crippen LogP contribution in [0.4, 0.5) is 14.7 Å². The molecular weight excluding hydrogens is 368 g/mol. The van der Waals surface area contributed by atoms with Gasteiger partial charge in [0.2, 0.25) is 5.95 Å². The van der Waals surface area contributed by atoms with Crippen molar-refractivity contribution in [3.05, 3.63) is 75.6 Å². The molecule has 9 heteroatoms. The van der Waals surface area contributed by atoms with Gasteiger partial charge in [0.15, 0.2) is 17.4 Å². The summed E-state index contributed by atoms with van der Waals surface area (Å²) in [5.41, 5.74) is 2.59. The lowest BCUT2D eigenvalue weighted by molar-refractivity contribution is 0.360. The van der Waals surface area contributed by atoms with Crippen LogP contribution in [-0.4, -0.2) is 23.3 Å². The molecule has 3 aromatic rings. The topological polar surface area (TPSA) is 103 Å². The van der Waals surface area contributed by atoms with Gasteiger partial charge in [-0.2, -0.15) is 10.4 Å². The number of aromatic amines is 1. The minimum Gasteiger partial charge on any atom is -0.491 e. The predicted molar refractivity (Wildman–Crippen MR) is 99.1 cm³/mol. The van der Waals surface area contributed by atoms with Gasteiger partial charge in [-0.05, 0) is 12.1 Å². The lowest BCUT2D eigenvalue weighted by atomic mass is 10.1. The van der Waals surface area contributed by atoms with Gasteiger partial charge >= 0.3 is 0 Å². The molecule has 0 bridgehead atoms. The van der Waals surface area contributed by atoms with Crippen LogP contribution in [-0.2, 0) is 0 Å². The monoisotopic (exact) mass is 381 g/mol. The van der Waals surface area contributed by atoms with Gasteiger partial charge < -0.3 is 4.74 Å². The third-order valence-electron chi connectivity index (χ3n) is 3.69. The highest BCUT2D eigenvalue weighted by Crippen LogP contribution is 2.22. The summed E-state index contributed by atoms with van der Waals surface area (Å²) in [6, 6.07) is 12.6. The van der Waals surface area contributed by atoms with Crippen molar-refractivity contribution in [2.45, 2.75) is 0 Å². The van der Waals surface area contributed by atoms with Gasteiger partial charge in [0.25, 0.3) is 5.56 Å². The van der Waals surface area contributed by atoms with Gasteiger partial charge in [0.05, 0.1) is 19.0 Å². The summed E-state index contributed by atoms with van der Waals surface area (Å²) in [6.07, 6.45) is 1.14. The van der Waals surface area contributed by atoms with Crippen molar-refractivity contribution in [2.75, 3.05) is 12.5 Å². The first-order valence-corrected chi connectivity index (χ1v) is 7.95. The SMILES string of the molecule is COc1c(F)cc(C=NNc2nc(-c3ccccc3)c(C#N)c(=O)[nH]2)cc1F. The van der Waals surface area contributed by atoms with E-state index in [9.17, 15) is 18.8 Å². The zero-order valence-electron chi connectivity index (χ0n) is 14.5. The average Bonchev–Trinajstić information content (AvgIpc) is 2.68. The molecule has 7 nitrogen and oxygen atoms in total. The van der Waals surface area contributed by atoms with Crippen molar-refractivity contribution in [3.8, 4) is 23.1 Å². The summed E-state index contributed by atoms with van der Waals surface area (Å²) < 4.78 is 32.0. The smallest absolute Gasteiger partial charge is 0.270 e. The molecular formula is C19H13F2N5O2. The highest BCUT2D eigenvalue weighted by molar-refractivity contribution is 5.80. The Morgan fingerprint density at radius 2 is 1.93 bits per heavy atom. The molecule has 0 amide bonds. The van der Waals surface area contributed by atoms with Crippen molar-refractivity contribution < 1.29 is 13.5 Å². The molecule has 0 aliphatic rings. The summed E-state index contributed by atoms with van der Waals surface area (Å²) >= 11 is 0. The first kappa shape index (κ1) is 18.7. The lowest BCUT2D eigenvalue weighted by Crippen LogP contribution is -2.16. The Labute approximate surface area is 157 Å². The molecule has 0 atom stereocenters. The van der Waals surface area contributed by atoms with Crippen LogP contribution in [0.5, 0.6) is 5.75 Å². The number of methoxy groups -OCH3 is 1.